The Morgan fingerprint density at radius 1 is 1.30 bits per heavy atom. The lowest BCUT2D eigenvalue weighted by atomic mass is 10.0. The van der Waals surface area contributed by atoms with Gasteiger partial charge in [-0.05, 0) is 19.8 Å². The quantitative estimate of drug-likeness (QED) is 0.463. The zero-order chi connectivity index (χ0) is 7.61. The van der Waals surface area contributed by atoms with Crippen LogP contribution in [-0.4, -0.2) is 9.15 Å². The average molecular weight is 270 g/mol. The van der Waals surface area contributed by atoms with E-state index in [-0.39, 0.29) is 0 Å². The second-order valence-electron chi connectivity index (χ2n) is 3.34. The lowest BCUT2D eigenvalue weighted by molar-refractivity contribution is 0.588. The van der Waals surface area contributed by atoms with Gasteiger partial charge in [-0.1, -0.05) is 51.1 Å². The van der Waals surface area contributed by atoms with Crippen LogP contribution in [0.3, 0.4) is 0 Å². The molecule has 0 nitrogen and oxygen atoms in total. The highest BCUT2D eigenvalue weighted by atomic mass is 79.9. The third-order valence-corrected chi connectivity index (χ3v) is 5.31. The predicted octanol–water partition coefficient (Wildman–Crippen LogP) is 3.87. The first-order valence-corrected chi connectivity index (χ1v) is 5.67. The van der Waals surface area contributed by atoms with E-state index < -0.39 is 0 Å². The van der Waals surface area contributed by atoms with E-state index >= 15 is 0 Å². The highest BCUT2D eigenvalue weighted by Gasteiger charge is 2.30. The van der Waals surface area contributed by atoms with E-state index in [1.165, 1.54) is 32.1 Å². The average Bonchev–Trinajstić information content (AvgIpc) is 1.96. The van der Waals surface area contributed by atoms with Gasteiger partial charge >= 0.3 is 0 Å². The van der Waals surface area contributed by atoms with Crippen molar-refractivity contribution in [2.45, 2.75) is 48.2 Å². The SMILES string of the molecule is CC1(Br)CCCCCC1Br. The van der Waals surface area contributed by atoms with Crippen molar-refractivity contribution >= 4 is 31.9 Å². The maximum atomic E-state index is 3.76. The Balaban J connectivity index is 2.52. The highest BCUT2D eigenvalue weighted by molar-refractivity contribution is 9.12. The number of hydrogen-bond donors (Lipinski definition) is 0. The number of rotatable bonds is 0. The maximum Gasteiger partial charge on any atom is 0.0354 e. The van der Waals surface area contributed by atoms with Gasteiger partial charge in [-0.25, -0.2) is 0 Å². The predicted molar refractivity (Wildman–Crippen MR) is 53.1 cm³/mol. The fourth-order valence-electron chi connectivity index (χ4n) is 1.43. The molecule has 0 saturated heterocycles. The second kappa shape index (κ2) is 3.57. The van der Waals surface area contributed by atoms with Crippen LogP contribution in [0.15, 0.2) is 0 Å². The lowest BCUT2D eigenvalue weighted by Gasteiger charge is -2.25. The van der Waals surface area contributed by atoms with Crippen molar-refractivity contribution in [3.63, 3.8) is 0 Å². The molecule has 0 aromatic rings. The summed E-state index contributed by atoms with van der Waals surface area (Å²) in [5.41, 5.74) is 0. The van der Waals surface area contributed by atoms with Crippen molar-refractivity contribution in [3.05, 3.63) is 0 Å². The Kier molecular flexibility index (Phi) is 3.23. The summed E-state index contributed by atoms with van der Waals surface area (Å²) in [6, 6.07) is 0. The Morgan fingerprint density at radius 3 is 2.70 bits per heavy atom. The molecule has 1 aliphatic carbocycles. The Hall–Kier alpha value is 0.960. The van der Waals surface area contributed by atoms with Gasteiger partial charge in [0.05, 0.1) is 0 Å². The zero-order valence-corrected chi connectivity index (χ0v) is 9.54. The standard InChI is InChI=1S/C8H14Br2/c1-8(10)6-4-2-3-5-7(8)9/h7H,2-6H2,1H3. The molecule has 0 N–H and O–H groups in total. The molecule has 0 aliphatic heterocycles. The largest absolute Gasteiger partial charge is 0.0876 e. The van der Waals surface area contributed by atoms with E-state index in [9.17, 15) is 0 Å². The van der Waals surface area contributed by atoms with Crippen LogP contribution in [0.25, 0.3) is 0 Å². The van der Waals surface area contributed by atoms with Crippen molar-refractivity contribution in [2.75, 3.05) is 0 Å². The fourth-order valence-corrected chi connectivity index (χ4v) is 2.49. The molecule has 2 unspecified atom stereocenters. The fraction of sp³-hybridized carbons (Fsp3) is 1.00. The summed E-state index contributed by atoms with van der Waals surface area (Å²) in [6.07, 6.45) is 6.80. The lowest BCUT2D eigenvalue weighted by Crippen LogP contribution is -2.26. The first kappa shape index (κ1) is 9.05. The van der Waals surface area contributed by atoms with E-state index in [4.69, 9.17) is 0 Å². The van der Waals surface area contributed by atoms with Gasteiger partial charge in [0.25, 0.3) is 0 Å². The van der Waals surface area contributed by atoms with Crippen LogP contribution in [0.1, 0.15) is 39.0 Å². The molecule has 0 heterocycles. The summed E-state index contributed by atoms with van der Waals surface area (Å²) in [7, 11) is 0. The normalized spacial score (nSPS) is 42.9. The van der Waals surface area contributed by atoms with Crippen molar-refractivity contribution in [1.82, 2.24) is 0 Å². The summed E-state index contributed by atoms with van der Waals surface area (Å²) >= 11 is 7.47. The van der Waals surface area contributed by atoms with Gasteiger partial charge in [-0.3, -0.25) is 0 Å². The molecule has 2 heteroatoms. The van der Waals surface area contributed by atoms with Gasteiger partial charge in [0.2, 0.25) is 0 Å². The van der Waals surface area contributed by atoms with E-state index in [0.717, 1.165) is 0 Å². The van der Waals surface area contributed by atoms with Crippen LogP contribution in [0.4, 0.5) is 0 Å². The minimum Gasteiger partial charge on any atom is -0.0876 e. The summed E-state index contributed by atoms with van der Waals surface area (Å²) in [5.74, 6) is 0. The molecule has 10 heavy (non-hydrogen) atoms. The summed E-state index contributed by atoms with van der Waals surface area (Å²) < 4.78 is 0.351. The van der Waals surface area contributed by atoms with E-state index in [1.807, 2.05) is 0 Å². The molecule has 2 atom stereocenters. The molecule has 1 rings (SSSR count). The molecule has 1 aliphatic rings. The van der Waals surface area contributed by atoms with Gasteiger partial charge in [0.1, 0.15) is 0 Å². The van der Waals surface area contributed by atoms with Crippen molar-refractivity contribution < 1.29 is 0 Å². The zero-order valence-electron chi connectivity index (χ0n) is 6.37. The Morgan fingerprint density at radius 2 is 2.00 bits per heavy atom. The molecule has 0 aromatic carbocycles. The summed E-state index contributed by atoms with van der Waals surface area (Å²) in [6.45, 7) is 2.29. The molecule has 0 bridgehead atoms. The van der Waals surface area contributed by atoms with Gasteiger partial charge in [0.15, 0.2) is 0 Å². The number of alkyl halides is 2. The van der Waals surface area contributed by atoms with E-state index in [1.54, 1.807) is 0 Å². The molecule has 1 saturated carbocycles. The number of hydrogen-bond acceptors (Lipinski definition) is 0. The molecule has 1 fully saturated rings. The topological polar surface area (TPSA) is 0 Å². The van der Waals surface area contributed by atoms with Crippen molar-refractivity contribution in [2.24, 2.45) is 0 Å². The smallest absolute Gasteiger partial charge is 0.0354 e. The van der Waals surface area contributed by atoms with Crippen LogP contribution in [-0.2, 0) is 0 Å². The second-order valence-corrected chi connectivity index (χ2v) is 6.26. The van der Waals surface area contributed by atoms with Crippen LogP contribution < -0.4 is 0 Å². The maximum absolute atomic E-state index is 3.76. The van der Waals surface area contributed by atoms with Gasteiger partial charge in [-0.15, -0.1) is 0 Å². The Bertz CT molecular complexity index is 110. The van der Waals surface area contributed by atoms with Gasteiger partial charge < -0.3 is 0 Å². The molecule has 0 aromatic heterocycles. The molecule has 0 amide bonds. The molecular weight excluding hydrogens is 256 g/mol. The third kappa shape index (κ3) is 2.23. The van der Waals surface area contributed by atoms with Crippen molar-refractivity contribution in [3.8, 4) is 0 Å². The van der Waals surface area contributed by atoms with Crippen LogP contribution >= 0.6 is 31.9 Å². The number of halogens is 2. The Labute approximate surface area is 80.0 Å². The monoisotopic (exact) mass is 268 g/mol. The van der Waals surface area contributed by atoms with Crippen LogP contribution in [0, 0.1) is 0 Å². The summed E-state index contributed by atoms with van der Waals surface area (Å²) in [4.78, 5) is 0.669. The molecule has 0 spiro atoms. The molecule has 60 valence electrons. The summed E-state index contributed by atoms with van der Waals surface area (Å²) in [5, 5.41) is 0. The first-order chi connectivity index (χ1) is 4.63. The van der Waals surface area contributed by atoms with Crippen LogP contribution in [0.2, 0.25) is 0 Å². The molecular formula is C8H14Br2. The minimum absolute atomic E-state index is 0.351. The highest BCUT2D eigenvalue weighted by Crippen LogP contribution is 2.38. The van der Waals surface area contributed by atoms with Gasteiger partial charge in [0, 0.05) is 9.15 Å². The van der Waals surface area contributed by atoms with E-state index in [0.29, 0.717) is 9.15 Å². The van der Waals surface area contributed by atoms with Crippen LogP contribution in [0.5, 0.6) is 0 Å². The van der Waals surface area contributed by atoms with E-state index in [2.05, 4.69) is 38.8 Å². The van der Waals surface area contributed by atoms with Crippen molar-refractivity contribution in [1.29, 1.82) is 0 Å². The first-order valence-electron chi connectivity index (χ1n) is 3.96. The minimum atomic E-state index is 0.351. The molecule has 0 radical (unpaired) electrons. The van der Waals surface area contributed by atoms with Gasteiger partial charge in [-0.2, -0.15) is 0 Å². The third-order valence-electron chi connectivity index (χ3n) is 2.28.